The molecule has 5 heterocycles. The molecule has 1 fully saturated rings. The van der Waals surface area contributed by atoms with Gasteiger partial charge in [0.2, 0.25) is 5.88 Å². The van der Waals surface area contributed by atoms with E-state index in [4.69, 9.17) is 0 Å². The summed E-state index contributed by atoms with van der Waals surface area (Å²) in [4.78, 5) is 6.50. The molecule has 0 aromatic carbocycles. The average Bonchev–Trinajstić information content (AvgIpc) is 3.40. The van der Waals surface area contributed by atoms with E-state index in [2.05, 4.69) is 31.4 Å². The maximum atomic E-state index is 15.6. The number of rotatable bonds is 3. The Balaban J connectivity index is 1.54. The van der Waals surface area contributed by atoms with Gasteiger partial charge in [0.1, 0.15) is 12.4 Å². The Morgan fingerprint density at radius 3 is 2.74 bits per heavy atom. The zero-order chi connectivity index (χ0) is 21.6. The summed E-state index contributed by atoms with van der Waals surface area (Å²) in [6.45, 7) is 0.768. The monoisotopic (exact) mass is 419 g/mol. The SMILES string of the molecule is Cn1cnnc1C1(F)CCN(c2c(C#N)ccnc2-c2cnn3nc(O)ccc23)CC1. The van der Waals surface area contributed by atoms with Crippen molar-refractivity contribution in [3.8, 4) is 23.2 Å². The number of aromatic nitrogens is 7. The number of aromatic hydroxyl groups is 1. The van der Waals surface area contributed by atoms with E-state index in [9.17, 15) is 10.4 Å². The van der Waals surface area contributed by atoms with E-state index in [-0.39, 0.29) is 18.7 Å². The van der Waals surface area contributed by atoms with Gasteiger partial charge in [0.05, 0.1) is 34.2 Å². The van der Waals surface area contributed by atoms with Crippen LogP contribution in [0.2, 0.25) is 0 Å². The van der Waals surface area contributed by atoms with Crippen LogP contribution in [0, 0.1) is 11.3 Å². The lowest BCUT2D eigenvalue weighted by atomic mass is 9.91. The number of fused-ring (bicyclic) bond motifs is 1. The van der Waals surface area contributed by atoms with Crippen molar-refractivity contribution in [2.75, 3.05) is 18.0 Å². The van der Waals surface area contributed by atoms with Crippen LogP contribution in [0.15, 0.2) is 36.9 Å². The van der Waals surface area contributed by atoms with Crippen LogP contribution in [0.1, 0.15) is 24.2 Å². The molecule has 31 heavy (non-hydrogen) atoms. The van der Waals surface area contributed by atoms with Crippen LogP contribution < -0.4 is 4.90 Å². The minimum Gasteiger partial charge on any atom is -0.492 e. The van der Waals surface area contributed by atoms with Crippen molar-refractivity contribution in [2.24, 2.45) is 7.05 Å². The largest absolute Gasteiger partial charge is 0.492 e. The van der Waals surface area contributed by atoms with Crippen LogP contribution in [0.25, 0.3) is 16.8 Å². The van der Waals surface area contributed by atoms with Crippen molar-refractivity contribution in [1.82, 2.24) is 34.6 Å². The van der Waals surface area contributed by atoms with Crippen LogP contribution in [0.5, 0.6) is 5.88 Å². The second-order valence-corrected chi connectivity index (χ2v) is 7.51. The highest BCUT2D eigenvalue weighted by Crippen LogP contribution is 2.40. The smallest absolute Gasteiger partial charge is 0.230 e. The van der Waals surface area contributed by atoms with Crippen LogP contribution in [0.3, 0.4) is 0 Å². The lowest BCUT2D eigenvalue weighted by molar-refractivity contribution is 0.109. The van der Waals surface area contributed by atoms with Gasteiger partial charge in [0.25, 0.3) is 0 Å². The van der Waals surface area contributed by atoms with Crippen LogP contribution >= 0.6 is 0 Å². The Morgan fingerprint density at radius 1 is 1.23 bits per heavy atom. The standard InChI is InChI=1S/C20H18FN9O/c1-28-12-24-26-19(28)20(21)5-8-29(9-6-20)18-13(10-22)4-7-23-17(18)14-11-25-30-15(14)2-3-16(31)27-30/h2-4,7,11-12H,5-6,8-9H2,1H3,(H,27,31). The summed E-state index contributed by atoms with van der Waals surface area (Å²) in [6, 6.07) is 7.02. The van der Waals surface area contributed by atoms with Crippen molar-refractivity contribution in [3.63, 3.8) is 0 Å². The first-order chi connectivity index (χ1) is 15.0. The summed E-state index contributed by atoms with van der Waals surface area (Å²) in [7, 11) is 1.73. The number of anilines is 1. The molecule has 0 aliphatic carbocycles. The number of piperidine rings is 1. The minimum atomic E-state index is -1.58. The molecule has 1 N–H and O–H groups in total. The summed E-state index contributed by atoms with van der Waals surface area (Å²) in [5, 5.41) is 35.3. The summed E-state index contributed by atoms with van der Waals surface area (Å²) >= 11 is 0. The molecule has 0 saturated carbocycles. The van der Waals surface area contributed by atoms with Gasteiger partial charge in [-0.2, -0.15) is 10.4 Å². The van der Waals surface area contributed by atoms with Crippen molar-refractivity contribution in [1.29, 1.82) is 5.26 Å². The van der Waals surface area contributed by atoms with Crippen molar-refractivity contribution in [3.05, 3.63) is 48.3 Å². The Kier molecular flexibility index (Phi) is 4.28. The van der Waals surface area contributed by atoms with E-state index in [0.29, 0.717) is 46.9 Å². The molecular weight excluding hydrogens is 401 g/mol. The third-order valence-corrected chi connectivity index (χ3v) is 5.66. The zero-order valence-corrected chi connectivity index (χ0v) is 16.6. The van der Waals surface area contributed by atoms with Gasteiger partial charge in [0, 0.05) is 45.2 Å². The molecule has 1 saturated heterocycles. The highest BCUT2D eigenvalue weighted by molar-refractivity contribution is 5.87. The third-order valence-electron chi connectivity index (χ3n) is 5.66. The second kappa shape index (κ2) is 7.02. The Bertz CT molecular complexity index is 1310. The Hall–Kier alpha value is -4.07. The molecule has 0 spiro atoms. The molecule has 156 valence electrons. The normalized spacial score (nSPS) is 15.8. The van der Waals surface area contributed by atoms with Gasteiger partial charge in [-0.25, -0.2) is 4.39 Å². The number of hydrogen-bond acceptors (Lipinski definition) is 8. The fourth-order valence-corrected chi connectivity index (χ4v) is 4.11. The lowest BCUT2D eigenvalue weighted by Crippen LogP contribution is -2.42. The maximum Gasteiger partial charge on any atom is 0.230 e. The zero-order valence-electron chi connectivity index (χ0n) is 16.6. The van der Waals surface area contributed by atoms with E-state index in [1.165, 1.54) is 17.0 Å². The first-order valence-electron chi connectivity index (χ1n) is 9.72. The van der Waals surface area contributed by atoms with Crippen molar-refractivity contribution < 1.29 is 9.50 Å². The van der Waals surface area contributed by atoms with E-state index in [1.807, 2.05) is 4.90 Å². The molecule has 0 amide bonds. The van der Waals surface area contributed by atoms with Crippen molar-refractivity contribution >= 4 is 11.2 Å². The Morgan fingerprint density at radius 2 is 2.03 bits per heavy atom. The van der Waals surface area contributed by atoms with Crippen LogP contribution in [0.4, 0.5) is 10.1 Å². The highest BCUT2D eigenvalue weighted by atomic mass is 19.1. The van der Waals surface area contributed by atoms with Gasteiger partial charge < -0.3 is 14.6 Å². The molecule has 0 bridgehead atoms. The number of nitrogens with zero attached hydrogens (tertiary/aromatic N) is 9. The number of halogens is 1. The fourth-order valence-electron chi connectivity index (χ4n) is 4.11. The van der Waals surface area contributed by atoms with Gasteiger partial charge in [-0.1, -0.05) is 0 Å². The number of aryl methyl sites for hydroxylation is 1. The quantitative estimate of drug-likeness (QED) is 0.535. The maximum absolute atomic E-state index is 15.6. The number of hydrogen-bond donors (Lipinski definition) is 1. The topological polar surface area (TPSA) is 121 Å². The van der Waals surface area contributed by atoms with Gasteiger partial charge in [0.15, 0.2) is 11.5 Å². The van der Waals surface area contributed by atoms with Gasteiger partial charge >= 0.3 is 0 Å². The number of pyridine rings is 1. The second-order valence-electron chi connectivity index (χ2n) is 7.51. The lowest BCUT2D eigenvalue weighted by Gasteiger charge is -2.37. The molecule has 5 rings (SSSR count). The van der Waals surface area contributed by atoms with Crippen LogP contribution in [-0.2, 0) is 12.7 Å². The highest BCUT2D eigenvalue weighted by Gasteiger charge is 2.41. The van der Waals surface area contributed by atoms with Gasteiger partial charge in [-0.3, -0.25) is 4.98 Å². The minimum absolute atomic E-state index is 0.153. The molecule has 10 nitrogen and oxygen atoms in total. The van der Waals surface area contributed by atoms with Gasteiger partial charge in [-0.15, -0.1) is 19.9 Å². The molecule has 0 radical (unpaired) electrons. The summed E-state index contributed by atoms with van der Waals surface area (Å²) in [5.74, 6) is 0.160. The first kappa shape index (κ1) is 18.9. The molecule has 0 atom stereocenters. The molecule has 1 aliphatic heterocycles. The predicted molar refractivity (Wildman–Crippen MR) is 108 cm³/mol. The summed E-state index contributed by atoms with van der Waals surface area (Å²) in [6.07, 6.45) is 5.08. The molecule has 4 aromatic heterocycles. The average molecular weight is 419 g/mol. The summed E-state index contributed by atoms with van der Waals surface area (Å²) in [5.41, 5.74) is 1.37. The molecular formula is C20H18FN9O. The van der Waals surface area contributed by atoms with Gasteiger partial charge in [-0.05, 0) is 12.1 Å². The van der Waals surface area contributed by atoms with E-state index >= 15 is 4.39 Å². The molecule has 11 heteroatoms. The Labute approximate surface area is 176 Å². The molecule has 1 aliphatic rings. The third kappa shape index (κ3) is 3.04. The fraction of sp³-hybridized carbons (Fsp3) is 0.300. The van der Waals surface area contributed by atoms with E-state index in [0.717, 1.165) is 0 Å². The molecule has 0 unspecified atom stereocenters. The first-order valence-corrected chi connectivity index (χ1v) is 9.72. The number of nitriles is 1. The predicted octanol–water partition coefficient (Wildman–Crippen LogP) is 1.96. The van der Waals surface area contributed by atoms with Crippen LogP contribution in [-0.4, -0.2) is 52.8 Å². The molecule has 4 aromatic rings. The summed E-state index contributed by atoms with van der Waals surface area (Å²) < 4.78 is 18.5. The van der Waals surface area contributed by atoms with E-state index < -0.39 is 5.67 Å². The van der Waals surface area contributed by atoms with Crippen molar-refractivity contribution in [2.45, 2.75) is 18.5 Å². The van der Waals surface area contributed by atoms with E-state index in [1.54, 1.807) is 36.1 Å². The number of alkyl halides is 1.